The highest BCUT2D eigenvalue weighted by atomic mass is 16.5. The summed E-state index contributed by atoms with van der Waals surface area (Å²) >= 11 is 0. The lowest BCUT2D eigenvalue weighted by Crippen LogP contribution is -2.43. The monoisotopic (exact) mass is 363 g/mol. The van der Waals surface area contributed by atoms with Gasteiger partial charge >= 0.3 is 5.97 Å². The number of hydrogen-bond donors (Lipinski definition) is 2. The Bertz CT molecular complexity index is 919. The van der Waals surface area contributed by atoms with E-state index in [9.17, 15) is 14.7 Å². The summed E-state index contributed by atoms with van der Waals surface area (Å²) in [5, 5.41) is 14.1. The van der Waals surface area contributed by atoms with E-state index in [4.69, 9.17) is 4.74 Å². The van der Waals surface area contributed by atoms with Crippen LogP contribution in [0.3, 0.4) is 0 Å². The molecule has 1 atom stereocenters. The van der Waals surface area contributed by atoms with Gasteiger partial charge in [-0.05, 0) is 21.9 Å². The number of amides is 1. The van der Waals surface area contributed by atoms with Crippen LogP contribution in [0.5, 0.6) is 0 Å². The fourth-order valence-corrected chi connectivity index (χ4v) is 2.96. The van der Waals surface area contributed by atoms with Crippen LogP contribution in [-0.4, -0.2) is 29.6 Å². The molecule has 138 valence electrons. The molecule has 2 N–H and O–H groups in total. The Hall–Kier alpha value is -3.18. The molecule has 0 spiro atoms. The maximum atomic E-state index is 12.1. The van der Waals surface area contributed by atoms with Gasteiger partial charge in [-0.2, -0.15) is 0 Å². The molecular weight excluding hydrogens is 342 g/mol. The van der Waals surface area contributed by atoms with Crippen molar-refractivity contribution < 1.29 is 19.4 Å². The Labute approximate surface area is 157 Å². The van der Waals surface area contributed by atoms with E-state index < -0.39 is 17.9 Å². The summed E-state index contributed by atoms with van der Waals surface area (Å²) in [7, 11) is 0. The smallest absolute Gasteiger partial charge is 0.326 e. The molecule has 0 bridgehead atoms. The highest BCUT2D eigenvalue weighted by Gasteiger charge is 2.21. The fraction of sp³-hybridized carbons (Fsp3) is 0.182. The van der Waals surface area contributed by atoms with E-state index in [1.807, 2.05) is 72.8 Å². The van der Waals surface area contributed by atoms with Crippen molar-refractivity contribution in [2.45, 2.75) is 19.1 Å². The molecule has 0 aliphatic heterocycles. The van der Waals surface area contributed by atoms with Gasteiger partial charge in [0, 0.05) is 6.42 Å². The fourth-order valence-electron chi connectivity index (χ4n) is 2.96. The van der Waals surface area contributed by atoms with Crippen LogP contribution in [0.4, 0.5) is 0 Å². The first kappa shape index (κ1) is 18.6. The second-order valence-electron chi connectivity index (χ2n) is 6.28. The summed E-state index contributed by atoms with van der Waals surface area (Å²) in [4.78, 5) is 23.7. The number of carbonyl (C=O) groups is 2. The highest BCUT2D eigenvalue weighted by molar-refractivity contribution is 5.88. The van der Waals surface area contributed by atoms with E-state index in [1.54, 1.807) is 0 Å². The molecule has 3 rings (SSSR count). The molecule has 3 aromatic carbocycles. The number of aliphatic carboxylic acids is 1. The van der Waals surface area contributed by atoms with Crippen molar-refractivity contribution in [2.24, 2.45) is 0 Å². The summed E-state index contributed by atoms with van der Waals surface area (Å²) in [5.74, 6) is -1.52. The predicted octanol–water partition coefficient (Wildman–Crippen LogP) is 3.17. The first-order valence-corrected chi connectivity index (χ1v) is 8.74. The molecule has 0 saturated heterocycles. The van der Waals surface area contributed by atoms with Gasteiger partial charge in [-0.25, -0.2) is 4.79 Å². The van der Waals surface area contributed by atoms with E-state index in [0.717, 1.165) is 21.9 Å². The Kier molecular flexibility index (Phi) is 6.18. The highest BCUT2D eigenvalue weighted by Crippen LogP contribution is 2.19. The van der Waals surface area contributed by atoms with Crippen molar-refractivity contribution >= 4 is 22.6 Å². The average molecular weight is 363 g/mol. The van der Waals surface area contributed by atoms with E-state index in [-0.39, 0.29) is 13.0 Å². The van der Waals surface area contributed by atoms with Crippen molar-refractivity contribution in [1.82, 2.24) is 5.32 Å². The standard InChI is InChI=1S/C22H21NO4/c24-21(15-27-14-16-7-2-1-3-8-16)23-20(22(25)26)13-18-11-6-10-17-9-4-5-12-19(17)18/h1-12,20H,13-15H2,(H,23,24)(H,25,26)/t20-/m0/s1. The Morgan fingerprint density at radius 2 is 1.63 bits per heavy atom. The normalized spacial score (nSPS) is 11.9. The van der Waals surface area contributed by atoms with Crippen LogP contribution < -0.4 is 5.32 Å². The second-order valence-corrected chi connectivity index (χ2v) is 6.28. The molecule has 0 aliphatic rings. The molecule has 0 aromatic heterocycles. The third-order valence-electron chi connectivity index (χ3n) is 4.28. The number of fused-ring (bicyclic) bond motifs is 1. The summed E-state index contributed by atoms with van der Waals surface area (Å²) in [6.45, 7) is 0.115. The largest absolute Gasteiger partial charge is 0.480 e. The number of rotatable bonds is 8. The molecule has 0 heterocycles. The molecule has 0 aliphatic carbocycles. The van der Waals surface area contributed by atoms with Gasteiger partial charge in [-0.3, -0.25) is 4.79 Å². The third kappa shape index (κ3) is 5.15. The first-order chi connectivity index (χ1) is 13.1. The lowest BCUT2D eigenvalue weighted by molar-refractivity contribution is -0.142. The van der Waals surface area contributed by atoms with Crippen LogP contribution in [0, 0.1) is 0 Å². The third-order valence-corrected chi connectivity index (χ3v) is 4.28. The van der Waals surface area contributed by atoms with Crippen LogP contribution in [-0.2, 0) is 27.4 Å². The zero-order valence-electron chi connectivity index (χ0n) is 14.8. The second kappa shape index (κ2) is 8.96. The van der Waals surface area contributed by atoms with Crippen molar-refractivity contribution in [2.75, 3.05) is 6.61 Å². The first-order valence-electron chi connectivity index (χ1n) is 8.74. The summed E-state index contributed by atoms with van der Waals surface area (Å²) in [5.41, 5.74) is 1.84. The van der Waals surface area contributed by atoms with E-state index in [2.05, 4.69) is 5.32 Å². The van der Waals surface area contributed by atoms with E-state index in [0.29, 0.717) is 6.61 Å². The molecule has 5 heteroatoms. The minimum Gasteiger partial charge on any atom is -0.480 e. The SMILES string of the molecule is O=C(COCc1ccccc1)N[C@@H](Cc1cccc2ccccc12)C(=O)O. The predicted molar refractivity (Wildman–Crippen MR) is 103 cm³/mol. The zero-order chi connectivity index (χ0) is 19.1. The minimum atomic E-state index is -1.07. The van der Waals surface area contributed by atoms with Gasteiger partial charge in [0.05, 0.1) is 6.61 Å². The molecule has 27 heavy (non-hydrogen) atoms. The van der Waals surface area contributed by atoms with Crippen LogP contribution in [0.15, 0.2) is 72.8 Å². The maximum Gasteiger partial charge on any atom is 0.326 e. The van der Waals surface area contributed by atoms with Crippen molar-refractivity contribution in [1.29, 1.82) is 0 Å². The Morgan fingerprint density at radius 3 is 2.41 bits per heavy atom. The summed E-state index contributed by atoms with van der Waals surface area (Å²) in [6.07, 6.45) is 0.209. The van der Waals surface area contributed by atoms with Crippen LogP contribution >= 0.6 is 0 Å². The van der Waals surface area contributed by atoms with Crippen LogP contribution in [0.1, 0.15) is 11.1 Å². The van der Waals surface area contributed by atoms with Gasteiger partial charge in [-0.15, -0.1) is 0 Å². The number of ether oxygens (including phenoxy) is 1. The Balaban J connectivity index is 1.60. The van der Waals surface area contributed by atoms with Crippen molar-refractivity contribution in [3.8, 4) is 0 Å². The van der Waals surface area contributed by atoms with Gasteiger partial charge in [0.25, 0.3) is 0 Å². The average Bonchev–Trinajstić information content (AvgIpc) is 2.68. The maximum absolute atomic E-state index is 12.1. The zero-order valence-corrected chi connectivity index (χ0v) is 14.8. The van der Waals surface area contributed by atoms with Gasteiger partial charge in [0.1, 0.15) is 12.6 Å². The Morgan fingerprint density at radius 1 is 0.926 bits per heavy atom. The van der Waals surface area contributed by atoms with Crippen LogP contribution in [0.25, 0.3) is 10.8 Å². The molecule has 0 fully saturated rings. The van der Waals surface area contributed by atoms with Gasteiger partial charge in [0.2, 0.25) is 5.91 Å². The molecule has 0 radical (unpaired) electrons. The number of nitrogens with one attached hydrogen (secondary N) is 1. The van der Waals surface area contributed by atoms with Crippen molar-refractivity contribution in [3.63, 3.8) is 0 Å². The van der Waals surface area contributed by atoms with Gasteiger partial charge in [0.15, 0.2) is 0 Å². The van der Waals surface area contributed by atoms with Crippen molar-refractivity contribution in [3.05, 3.63) is 83.9 Å². The molecular formula is C22H21NO4. The minimum absolute atomic E-state index is 0.186. The molecule has 1 amide bonds. The topological polar surface area (TPSA) is 75.6 Å². The van der Waals surface area contributed by atoms with Gasteiger partial charge in [-0.1, -0.05) is 72.8 Å². The van der Waals surface area contributed by atoms with E-state index >= 15 is 0 Å². The van der Waals surface area contributed by atoms with E-state index in [1.165, 1.54) is 0 Å². The lowest BCUT2D eigenvalue weighted by Gasteiger charge is -2.16. The molecule has 0 unspecified atom stereocenters. The molecule has 3 aromatic rings. The number of carboxylic acids is 1. The quantitative estimate of drug-likeness (QED) is 0.645. The number of benzene rings is 3. The summed E-state index contributed by atoms with van der Waals surface area (Å²) < 4.78 is 5.38. The lowest BCUT2D eigenvalue weighted by atomic mass is 9.99. The van der Waals surface area contributed by atoms with Crippen LogP contribution in [0.2, 0.25) is 0 Å². The summed E-state index contributed by atoms with van der Waals surface area (Å²) in [6, 6.07) is 22.0. The molecule has 0 saturated carbocycles. The number of carboxylic acid groups (broad SMARTS) is 1. The number of hydrogen-bond acceptors (Lipinski definition) is 3. The molecule has 5 nitrogen and oxygen atoms in total. The van der Waals surface area contributed by atoms with Gasteiger partial charge < -0.3 is 15.2 Å². The number of carbonyl (C=O) groups excluding carboxylic acids is 1.